The maximum atomic E-state index is 11.1. The van der Waals surface area contributed by atoms with Gasteiger partial charge in [-0.2, -0.15) is 0 Å². The smallest absolute Gasteiger partial charge is 0.354 e. The average Bonchev–Trinajstić information content (AvgIpc) is 2.46. The second-order valence-corrected chi connectivity index (χ2v) is 4.43. The molecule has 1 aliphatic heterocycles. The maximum Gasteiger partial charge on any atom is 0.354 e. The SMILES string of the molecule is NNc1ncnc(N2CCCC(CO)C2)c1[N+](=O)[O-]. The highest BCUT2D eigenvalue weighted by Gasteiger charge is 2.29. The third kappa shape index (κ3) is 2.71. The van der Waals surface area contributed by atoms with E-state index >= 15 is 0 Å². The summed E-state index contributed by atoms with van der Waals surface area (Å²) in [5.41, 5.74) is 1.98. The van der Waals surface area contributed by atoms with Gasteiger partial charge in [0, 0.05) is 19.7 Å². The number of nitro groups is 1. The first-order valence-electron chi connectivity index (χ1n) is 5.99. The first-order chi connectivity index (χ1) is 9.17. The van der Waals surface area contributed by atoms with Crippen molar-refractivity contribution in [1.82, 2.24) is 9.97 Å². The van der Waals surface area contributed by atoms with Gasteiger partial charge in [0.2, 0.25) is 11.6 Å². The predicted octanol–water partition coefficient (Wildman–Crippen LogP) is -0.121. The molecule has 1 aromatic heterocycles. The number of rotatable bonds is 4. The molecular formula is C10H16N6O3. The lowest BCUT2D eigenvalue weighted by molar-refractivity contribution is -0.383. The number of hydrogen-bond donors (Lipinski definition) is 3. The molecule has 0 spiro atoms. The number of nitrogens with zero attached hydrogens (tertiary/aromatic N) is 4. The van der Waals surface area contributed by atoms with Gasteiger partial charge in [0.1, 0.15) is 6.33 Å². The zero-order chi connectivity index (χ0) is 13.8. The highest BCUT2D eigenvalue weighted by molar-refractivity contribution is 5.69. The van der Waals surface area contributed by atoms with E-state index in [4.69, 9.17) is 5.84 Å². The summed E-state index contributed by atoms with van der Waals surface area (Å²) >= 11 is 0. The first-order valence-corrected chi connectivity index (χ1v) is 5.99. The van der Waals surface area contributed by atoms with Crippen molar-refractivity contribution in [3.05, 3.63) is 16.4 Å². The van der Waals surface area contributed by atoms with E-state index in [0.717, 1.165) is 12.8 Å². The monoisotopic (exact) mass is 268 g/mol. The summed E-state index contributed by atoms with van der Waals surface area (Å²) in [6, 6.07) is 0. The Morgan fingerprint density at radius 3 is 3.05 bits per heavy atom. The fraction of sp³-hybridized carbons (Fsp3) is 0.600. The Morgan fingerprint density at radius 1 is 1.63 bits per heavy atom. The minimum atomic E-state index is -0.549. The number of nitrogens with two attached hydrogens (primary N) is 1. The molecule has 1 saturated heterocycles. The van der Waals surface area contributed by atoms with Crippen LogP contribution in [-0.2, 0) is 0 Å². The number of piperidine rings is 1. The van der Waals surface area contributed by atoms with E-state index in [-0.39, 0.29) is 29.8 Å². The Hall–Kier alpha value is -2.00. The number of nitrogen functional groups attached to an aromatic ring is 1. The summed E-state index contributed by atoms with van der Waals surface area (Å²) in [6.45, 7) is 1.27. The number of hydrazine groups is 1. The molecule has 0 aromatic carbocycles. The predicted molar refractivity (Wildman–Crippen MR) is 68.5 cm³/mol. The van der Waals surface area contributed by atoms with Gasteiger partial charge in [-0.25, -0.2) is 15.8 Å². The van der Waals surface area contributed by atoms with Gasteiger partial charge in [-0.1, -0.05) is 0 Å². The molecule has 0 aliphatic carbocycles. The topological polar surface area (TPSA) is 130 Å². The minimum Gasteiger partial charge on any atom is -0.396 e. The molecule has 19 heavy (non-hydrogen) atoms. The van der Waals surface area contributed by atoms with Gasteiger partial charge in [0.25, 0.3) is 0 Å². The molecule has 0 amide bonds. The van der Waals surface area contributed by atoms with Gasteiger partial charge in [-0.3, -0.25) is 10.1 Å². The molecule has 0 saturated carbocycles. The Labute approximate surface area is 109 Å². The summed E-state index contributed by atoms with van der Waals surface area (Å²) in [5, 5.41) is 20.4. The molecule has 0 radical (unpaired) electrons. The van der Waals surface area contributed by atoms with E-state index in [0.29, 0.717) is 13.1 Å². The minimum absolute atomic E-state index is 0.0129. The highest BCUT2D eigenvalue weighted by Crippen LogP contribution is 2.33. The van der Waals surface area contributed by atoms with Gasteiger partial charge in [-0.05, 0) is 18.8 Å². The number of nitrogens with one attached hydrogen (secondary N) is 1. The van der Waals surface area contributed by atoms with Crippen molar-refractivity contribution < 1.29 is 10.0 Å². The Bertz CT molecular complexity index is 469. The van der Waals surface area contributed by atoms with Crippen LogP contribution in [-0.4, -0.2) is 39.7 Å². The van der Waals surface area contributed by atoms with Crippen LogP contribution in [0.15, 0.2) is 6.33 Å². The van der Waals surface area contributed by atoms with Crippen LogP contribution in [0.1, 0.15) is 12.8 Å². The van der Waals surface area contributed by atoms with E-state index in [1.54, 1.807) is 4.90 Å². The molecule has 1 atom stereocenters. The molecule has 9 nitrogen and oxygen atoms in total. The van der Waals surface area contributed by atoms with Gasteiger partial charge in [0.15, 0.2) is 0 Å². The van der Waals surface area contributed by atoms with Crippen molar-refractivity contribution in [2.45, 2.75) is 12.8 Å². The summed E-state index contributed by atoms with van der Waals surface area (Å²) in [6.07, 6.45) is 3.01. The molecule has 0 bridgehead atoms. The highest BCUT2D eigenvalue weighted by atomic mass is 16.6. The molecular weight excluding hydrogens is 252 g/mol. The average molecular weight is 268 g/mol. The number of aliphatic hydroxyl groups is 1. The van der Waals surface area contributed by atoms with Crippen molar-refractivity contribution in [3.8, 4) is 0 Å². The Morgan fingerprint density at radius 2 is 2.42 bits per heavy atom. The van der Waals surface area contributed by atoms with Crippen LogP contribution < -0.4 is 16.2 Å². The number of anilines is 2. The zero-order valence-corrected chi connectivity index (χ0v) is 10.3. The normalized spacial score (nSPS) is 19.3. The summed E-state index contributed by atoms with van der Waals surface area (Å²) in [4.78, 5) is 20.1. The van der Waals surface area contributed by atoms with Crippen LogP contribution >= 0.6 is 0 Å². The van der Waals surface area contributed by atoms with Gasteiger partial charge >= 0.3 is 5.69 Å². The largest absolute Gasteiger partial charge is 0.396 e. The van der Waals surface area contributed by atoms with Crippen LogP contribution in [0.3, 0.4) is 0 Å². The zero-order valence-electron chi connectivity index (χ0n) is 10.3. The van der Waals surface area contributed by atoms with Gasteiger partial charge < -0.3 is 15.4 Å². The van der Waals surface area contributed by atoms with Crippen molar-refractivity contribution in [2.75, 3.05) is 30.0 Å². The fourth-order valence-corrected chi connectivity index (χ4v) is 2.28. The van der Waals surface area contributed by atoms with E-state index in [9.17, 15) is 15.2 Å². The molecule has 104 valence electrons. The van der Waals surface area contributed by atoms with E-state index in [1.807, 2.05) is 0 Å². The number of aliphatic hydroxyl groups excluding tert-OH is 1. The Balaban J connectivity index is 2.35. The van der Waals surface area contributed by atoms with Crippen LogP contribution in [0.4, 0.5) is 17.3 Å². The first kappa shape index (κ1) is 13.4. The quantitative estimate of drug-likeness (QED) is 0.391. The van der Waals surface area contributed by atoms with Gasteiger partial charge in [-0.15, -0.1) is 0 Å². The fourth-order valence-electron chi connectivity index (χ4n) is 2.28. The lowest BCUT2D eigenvalue weighted by Gasteiger charge is -2.32. The summed E-state index contributed by atoms with van der Waals surface area (Å²) < 4.78 is 0. The lowest BCUT2D eigenvalue weighted by Crippen LogP contribution is -2.37. The molecule has 1 unspecified atom stereocenters. The van der Waals surface area contributed by atoms with Crippen LogP contribution in [0.2, 0.25) is 0 Å². The van der Waals surface area contributed by atoms with Gasteiger partial charge in [0.05, 0.1) is 4.92 Å². The van der Waals surface area contributed by atoms with Crippen LogP contribution in [0.25, 0.3) is 0 Å². The molecule has 9 heteroatoms. The second-order valence-electron chi connectivity index (χ2n) is 4.43. The maximum absolute atomic E-state index is 11.1. The van der Waals surface area contributed by atoms with E-state index < -0.39 is 4.92 Å². The number of aromatic nitrogens is 2. The third-order valence-corrected chi connectivity index (χ3v) is 3.20. The summed E-state index contributed by atoms with van der Waals surface area (Å²) in [7, 11) is 0. The molecule has 2 rings (SSSR count). The van der Waals surface area contributed by atoms with Crippen molar-refractivity contribution in [1.29, 1.82) is 0 Å². The second kappa shape index (κ2) is 5.76. The van der Waals surface area contributed by atoms with Crippen molar-refractivity contribution in [2.24, 2.45) is 11.8 Å². The molecule has 1 fully saturated rings. The van der Waals surface area contributed by atoms with E-state index in [2.05, 4.69) is 15.4 Å². The third-order valence-electron chi connectivity index (χ3n) is 3.20. The number of hydrogen-bond acceptors (Lipinski definition) is 8. The molecule has 1 aliphatic rings. The van der Waals surface area contributed by atoms with Crippen molar-refractivity contribution in [3.63, 3.8) is 0 Å². The van der Waals surface area contributed by atoms with Crippen molar-refractivity contribution >= 4 is 17.3 Å². The van der Waals surface area contributed by atoms with E-state index in [1.165, 1.54) is 6.33 Å². The molecule has 2 heterocycles. The summed E-state index contributed by atoms with van der Waals surface area (Å²) in [5.74, 6) is 5.57. The van der Waals surface area contributed by atoms with Crippen LogP contribution in [0.5, 0.6) is 0 Å². The molecule has 4 N–H and O–H groups in total. The Kier molecular flexibility index (Phi) is 4.07. The van der Waals surface area contributed by atoms with Crippen LogP contribution in [0, 0.1) is 16.0 Å². The lowest BCUT2D eigenvalue weighted by atomic mass is 9.99. The standard InChI is InChI=1S/C10H16N6O3/c11-14-9-8(16(18)19)10(13-6-12-9)15-3-1-2-7(4-15)5-17/h6-7,17H,1-5,11H2,(H,12,13,14). The molecule has 1 aromatic rings.